The summed E-state index contributed by atoms with van der Waals surface area (Å²) in [7, 11) is 0. The largest absolute Gasteiger partial charge is 0.300 e. The first-order chi connectivity index (χ1) is 9.00. The summed E-state index contributed by atoms with van der Waals surface area (Å²) in [5, 5.41) is 13.0. The van der Waals surface area contributed by atoms with Crippen molar-refractivity contribution in [1.29, 1.82) is 5.26 Å². The Labute approximate surface area is 118 Å². The first kappa shape index (κ1) is 14.8. The first-order valence-corrected chi connectivity index (χ1v) is 7.91. The lowest BCUT2D eigenvalue weighted by atomic mass is 9.77. The molecule has 0 spiro atoms. The SMILES string of the molecule is CCNC1(C#N)CCCC(N2CCCC(C)(C)C2)C1. The zero-order valence-corrected chi connectivity index (χ0v) is 12.8. The Morgan fingerprint density at radius 1 is 1.32 bits per heavy atom. The predicted octanol–water partition coefficient (Wildman–Crippen LogP) is 2.92. The zero-order valence-electron chi connectivity index (χ0n) is 12.8. The molecule has 19 heavy (non-hydrogen) atoms. The van der Waals surface area contributed by atoms with Crippen LogP contribution in [0.4, 0.5) is 0 Å². The molecular weight excluding hydrogens is 234 g/mol. The second-order valence-electron chi connectivity index (χ2n) is 7.21. The van der Waals surface area contributed by atoms with Gasteiger partial charge >= 0.3 is 0 Å². The van der Waals surface area contributed by atoms with Crippen molar-refractivity contribution in [3.63, 3.8) is 0 Å². The molecule has 1 aliphatic carbocycles. The van der Waals surface area contributed by atoms with Crippen LogP contribution in [0.15, 0.2) is 0 Å². The van der Waals surface area contributed by atoms with E-state index in [2.05, 4.69) is 37.1 Å². The lowest BCUT2D eigenvalue weighted by Crippen LogP contribution is -2.55. The van der Waals surface area contributed by atoms with E-state index in [-0.39, 0.29) is 5.54 Å². The highest BCUT2D eigenvalue weighted by atomic mass is 15.2. The molecule has 0 radical (unpaired) electrons. The van der Waals surface area contributed by atoms with Crippen molar-refractivity contribution in [2.75, 3.05) is 19.6 Å². The average Bonchev–Trinajstić information content (AvgIpc) is 2.38. The molecule has 1 saturated heterocycles. The normalized spacial score (nSPS) is 35.8. The van der Waals surface area contributed by atoms with Gasteiger partial charge < -0.3 is 0 Å². The second kappa shape index (κ2) is 5.81. The van der Waals surface area contributed by atoms with E-state index in [0.717, 1.165) is 19.4 Å². The number of nitrogens with zero attached hydrogens (tertiary/aromatic N) is 2. The highest BCUT2D eigenvalue weighted by Gasteiger charge is 2.40. The van der Waals surface area contributed by atoms with Crippen molar-refractivity contribution in [2.45, 2.75) is 70.9 Å². The minimum Gasteiger partial charge on any atom is -0.300 e. The van der Waals surface area contributed by atoms with Gasteiger partial charge in [0.1, 0.15) is 5.54 Å². The molecule has 0 aromatic carbocycles. The van der Waals surface area contributed by atoms with E-state index in [1.807, 2.05) is 0 Å². The molecule has 3 heteroatoms. The minimum atomic E-state index is -0.265. The molecule has 1 saturated carbocycles. The summed E-state index contributed by atoms with van der Waals surface area (Å²) in [6.07, 6.45) is 7.13. The molecule has 2 rings (SSSR count). The molecular formula is C16H29N3. The summed E-state index contributed by atoms with van der Waals surface area (Å²) in [5.74, 6) is 0. The molecule has 0 amide bonds. The monoisotopic (exact) mass is 263 g/mol. The van der Waals surface area contributed by atoms with Gasteiger partial charge in [0.25, 0.3) is 0 Å². The van der Waals surface area contributed by atoms with Gasteiger partial charge in [0.05, 0.1) is 6.07 Å². The van der Waals surface area contributed by atoms with E-state index >= 15 is 0 Å². The lowest BCUT2D eigenvalue weighted by molar-refractivity contribution is 0.0468. The van der Waals surface area contributed by atoms with Crippen LogP contribution in [-0.2, 0) is 0 Å². The maximum absolute atomic E-state index is 9.56. The van der Waals surface area contributed by atoms with Gasteiger partial charge in [0.15, 0.2) is 0 Å². The Morgan fingerprint density at radius 3 is 2.74 bits per heavy atom. The van der Waals surface area contributed by atoms with Gasteiger partial charge in [-0.1, -0.05) is 20.8 Å². The number of hydrogen-bond acceptors (Lipinski definition) is 3. The van der Waals surface area contributed by atoms with Gasteiger partial charge in [-0.05, 0) is 57.0 Å². The summed E-state index contributed by atoms with van der Waals surface area (Å²) in [6, 6.07) is 3.17. The molecule has 2 aliphatic rings. The van der Waals surface area contributed by atoms with Crippen LogP contribution in [0.25, 0.3) is 0 Å². The van der Waals surface area contributed by atoms with Crippen molar-refractivity contribution >= 4 is 0 Å². The van der Waals surface area contributed by atoms with Crippen LogP contribution >= 0.6 is 0 Å². The fourth-order valence-corrected chi connectivity index (χ4v) is 3.98. The fraction of sp³-hybridized carbons (Fsp3) is 0.938. The quantitative estimate of drug-likeness (QED) is 0.851. The van der Waals surface area contributed by atoms with Crippen LogP contribution in [0.2, 0.25) is 0 Å². The molecule has 2 atom stereocenters. The van der Waals surface area contributed by atoms with E-state index in [1.54, 1.807) is 0 Å². The average molecular weight is 263 g/mol. The van der Waals surface area contributed by atoms with Crippen LogP contribution in [-0.4, -0.2) is 36.1 Å². The Hall–Kier alpha value is -0.590. The Balaban J connectivity index is 2.03. The smallest absolute Gasteiger partial charge is 0.108 e. The van der Waals surface area contributed by atoms with E-state index in [4.69, 9.17) is 0 Å². The first-order valence-electron chi connectivity index (χ1n) is 7.91. The van der Waals surface area contributed by atoms with Crippen LogP contribution in [0, 0.1) is 16.7 Å². The summed E-state index contributed by atoms with van der Waals surface area (Å²) >= 11 is 0. The molecule has 2 fully saturated rings. The van der Waals surface area contributed by atoms with Crippen molar-refractivity contribution in [3.05, 3.63) is 0 Å². The molecule has 1 N–H and O–H groups in total. The second-order valence-corrected chi connectivity index (χ2v) is 7.21. The fourth-order valence-electron chi connectivity index (χ4n) is 3.98. The van der Waals surface area contributed by atoms with Gasteiger partial charge in [-0.3, -0.25) is 10.2 Å². The maximum Gasteiger partial charge on any atom is 0.108 e. The Morgan fingerprint density at radius 2 is 2.11 bits per heavy atom. The molecule has 1 heterocycles. The highest BCUT2D eigenvalue weighted by Crippen LogP contribution is 2.36. The molecule has 0 bridgehead atoms. The summed E-state index contributed by atoms with van der Waals surface area (Å²) < 4.78 is 0. The number of nitriles is 1. The topological polar surface area (TPSA) is 39.1 Å². The summed E-state index contributed by atoms with van der Waals surface area (Å²) in [5.41, 5.74) is 0.183. The molecule has 3 nitrogen and oxygen atoms in total. The number of nitrogens with one attached hydrogen (secondary N) is 1. The molecule has 0 aromatic rings. The van der Waals surface area contributed by atoms with Crippen molar-refractivity contribution in [3.8, 4) is 6.07 Å². The number of likely N-dealkylation sites (tertiary alicyclic amines) is 1. The molecule has 2 unspecified atom stereocenters. The van der Waals surface area contributed by atoms with Crippen LogP contribution < -0.4 is 5.32 Å². The standard InChI is InChI=1S/C16H29N3/c1-4-18-16(12-17)9-5-7-14(11-16)19-10-6-8-15(2,3)13-19/h14,18H,4-11,13H2,1-3H3. The Bertz CT molecular complexity index is 340. The number of hydrogen-bond donors (Lipinski definition) is 1. The third kappa shape index (κ3) is 3.49. The van der Waals surface area contributed by atoms with Gasteiger partial charge in [-0.15, -0.1) is 0 Å². The van der Waals surface area contributed by atoms with Gasteiger partial charge in [-0.25, -0.2) is 0 Å². The van der Waals surface area contributed by atoms with E-state index in [0.29, 0.717) is 11.5 Å². The summed E-state index contributed by atoms with van der Waals surface area (Å²) in [6.45, 7) is 10.2. The maximum atomic E-state index is 9.56. The van der Waals surface area contributed by atoms with Crippen LogP contribution in [0.3, 0.4) is 0 Å². The number of rotatable bonds is 3. The van der Waals surface area contributed by atoms with Gasteiger partial charge in [-0.2, -0.15) is 5.26 Å². The third-order valence-corrected chi connectivity index (χ3v) is 4.90. The van der Waals surface area contributed by atoms with E-state index < -0.39 is 0 Å². The highest BCUT2D eigenvalue weighted by molar-refractivity contribution is 5.11. The van der Waals surface area contributed by atoms with Gasteiger partial charge in [0.2, 0.25) is 0 Å². The molecule has 1 aliphatic heterocycles. The zero-order chi connectivity index (χ0) is 13.9. The minimum absolute atomic E-state index is 0.265. The Kier molecular flexibility index (Phi) is 4.53. The van der Waals surface area contributed by atoms with Crippen LogP contribution in [0.1, 0.15) is 59.3 Å². The van der Waals surface area contributed by atoms with Crippen LogP contribution in [0.5, 0.6) is 0 Å². The molecule has 0 aromatic heterocycles. The van der Waals surface area contributed by atoms with E-state index in [9.17, 15) is 5.26 Å². The molecule has 108 valence electrons. The van der Waals surface area contributed by atoms with Crippen molar-refractivity contribution in [2.24, 2.45) is 5.41 Å². The van der Waals surface area contributed by atoms with Gasteiger partial charge in [0, 0.05) is 12.6 Å². The lowest BCUT2D eigenvalue weighted by Gasteiger charge is -2.46. The van der Waals surface area contributed by atoms with E-state index in [1.165, 1.54) is 38.8 Å². The third-order valence-electron chi connectivity index (χ3n) is 4.90. The summed E-state index contributed by atoms with van der Waals surface area (Å²) in [4.78, 5) is 2.66. The number of piperidine rings is 1. The van der Waals surface area contributed by atoms with Crippen molar-refractivity contribution in [1.82, 2.24) is 10.2 Å². The predicted molar refractivity (Wildman–Crippen MR) is 78.9 cm³/mol. The van der Waals surface area contributed by atoms with Crippen molar-refractivity contribution < 1.29 is 0 Å².